The molecular weight excluding hydrogens is 777 g/mol. The van der Waals surface area contributed by atoms with E-state index in [1.165, 1.54) is 0 Å². The standard InChI is InChI=1S/C60H34N4/c61-35-51-57(49-33-37-17-1-3-19-39(37)41-21-5-7-23-43(41)49)59(63-53-29-13-9-25-45(53)46-26-10-14-30-54(46)63)52(36-62)58(50-34-38-18-2-4-20-40(38)42-22-6-8-24-44(42)50)60(51)64-55-31-15-11-27-47(55)48-28-12-16-32-56(48)64/h1-34H. The van der Waals surface area contributed by atoms with Gasteiger partial charge in [-0.1, -0.05) is 170 Å². The largest absolute Gasteiger partial charge is 0.307 e. The van der Waals surface area contributed by atoms with Crippen LogP contribution in [0.5, 0.6) is 0 Å². The lowest BCUT2D eigenvalue weighted by molar-refractivity contribution is 1.13. The fourth-order valence-electron chi connectivity index (χ4n) is 10.8. The van der Waals surface area contributed by atoms with Crippen LogP contribution in [0.15, 0.2) is 206 Å². The Labute approximate surface area is 367 Å². The smallest absolute Gasteiger partial charge is 0.102 e. The van der Waals surface area contributed by atoms with E-state index in [4.69, 9.17) is 0 Å². The van der Waals surface area contributed by atoms with Gasteiger partial charge in [0, 0.05) is 32.7 Å². The molecule has 4 heteroatoms. The van der Waals surface area contributed by atoms with Crippen molar-refractivity contribution in [3.8, 4) is 45.8 Å². The van der Waals surface area contributed by atoms with Gasteiger partial charge >= 0.3 is 0 Å². The first-order valence-corrected chi connectivity index (χ1v) is 21.6. The third-order valence-corrected chi connectivity index (χ3v) is 13.4. The number of rotatable bonds is 4. The van der Waals surface area contributed by atoms with Crippen molar-refractivity contribution in [2.75, 3.05) is 0 Å². The van der Waals surface area contributed by atoms with E-state index in [-0.39, 0.29) is 0 Å². The van der Waals surface area contributed by atoms with Gasteiger partial charge in [-0.2, -0.15) is 10.5 Å². The second-order valence-corrected chi connectivity index (χ2v) is 16.5. The number of hydrogen-bond donors (Lipinski definition) is 0. The van der Waals surface area contributed by atoms with Gasteiger partial charge in [0.2, 0.25) is 0 Å². The maximum Gasteiger partial charge on any atom is 0.102 e. The predicted molar refractivity (Wildman–Crippen MR) is 265 cm³/mol. The zero-order valence-electron chi connectivity index (χ0n) is 34.4. The van der Waals surface area contributed by atoms with Crippen LogP contribution in [0.25, 0.3) is 120 Å². The number of aromatic nitrogens is 2. The summed E-state index contributed by atoms with van der Waals surface area (Å²) < 4.78 is 4.51. The topological polar surface area (TPSA) is 57.4 Å². The Bertz CT molecular complexity index is 3850. The summed E-state index contributed by atoms with van der Waals surface area (Å²) in [5.74, 6) is 0. The number of nitrogens with zero attached hydrogens (tertiary/aromatic N) is 4. The molecule has 11 aromatic carbocycles. The Balaban J connectivity index is 1.37. The average molecular weight is 811 g/mol. The Kier molecular flexibility index (Phi) is 7.70. The molecule has 0 bridgehead atoms. The number of hydrogen-bond acceptors (Lipinski definition) is 2. The summed E-state index contributed by atoms with van der Waals surface area (Å²) in [5, 5.41) is 37.4. The van der Waals surface area contributed by atoms with Gasteiger partial charge in [-0.15, -0.1) is 0 Å². The molecule has 0 spiro atoms. The summed E-state index contributed by atoms with van der Waals surface area (Å²) in [7, 11) is 0. The maximum absolute atomic E-state index is 12.3. The monoisotopic (exact) mass is 810 g/mol. The van der Waals surface area contributed by atoms with E-state index in [1.54, 1.807) is 0 Å². The molecule has 0 atom stereocenters. The van der Waals surface area contributed by atoms with Gasteiger partial charge in [0.1, 0.15) is 12.1 Å². The Morgan fingerprint density at radius 2 is 0.547 bits per heavy atom. The van der Waals surface area contributed by atoms with E-state index in [2.05, 4.69) is 228 Å². The van der Waals surface area contributed by atoms with Crippen molar-refractivity contribution in [2.24, 2.45) is 0 Å². The normalized spacial score (nSPS) is 11.7. The molecule has 0 saturated carbocycles. The van der Waals surface area contributed by atoms with E-state index >= 15 is 0 Å². The molecule has 0 unspecified atom stereocenters. The molecule has 0 amide bonds. The molecule has 0 radical (unpaired) electrons. The highest BCUT2D eigenvalue weighted by Crippen LogP contribution is 2.51. The number of nitriles is 2. The molecule has 0 N–H and O–H groups in total. The summed E-state index contributed by atoms with van der Waals surface area (Å²) in [6.07, 6.45) is 0. The van der Waals surface area contributed by atoms with Crippen LogP contribution in [0.1, 0.15) is 11.1 Å². The van der Waals surface area contributed by atoms with Crippen molar-refractivity contribution in [2.45, 2.75) is 0 Å². The highest BCUT2D eigenvalue weighted by Gasteiger charge is 2.33. The van der Waals surface area contributed by atoms with Crippen LogP contribution in [0.3, 0.4) is 0 Å². The van der Waals surface area contributed by atoms with Gasteiger partial charge < -0.3 is 9.13 Å². The Hall–Kier alpha value is -8.96. The fraction of sp³-hybridized carbons (Fsp3) is 0. The zero-order chi connectivity index (χ0) is 42.5. The molecule has 0 aliphatic carbocycles. The summed E-state index contributed by atoms with van der Waals surface area (Å²) >= 11 is 0. The van der Waals surface area contributed by atoms with Gasteiger partial charge in [-0.05, 0) is 90.6 Å². The van der Waals surface area contributed by atoms with Gasteiger partial charge in [-0.25, -0.2) is 0 Å². The van der Waals surface area contributed by atoms with E-state index in [0.717, 1.165) is 97.8 Å². The quantitative estimate of drug-likeness (QED) is 0.166. The van der Waals surface area contributed by atoms with Gasteiger partial charge in [0.25, 0.3) is 0 Å². The van der Waals surface area contributed by atoms with Crippen molar-refractivity contribution in [1.29, 1.82) is 10.5 Å². The number of benzene rings is 11. The van der Waals surface area contributed by atoms with Crippen molar-refractivity contribution in [3.05, 3.63) is 217 Å². The van der Waals surface area contributed by atoms with Crippen LogP contribution in [0, 0.1) is 22.7 Å². The van der Waals surface area contributed by atoms with E-state index in [0.29, 0.717) is 33.6 Å². The lowest BCUT2D eigenvalue weighted by Gasteiger charge is -2.26. The van der Waals surface area contributed by atoms with Crippen molar-refractivity contribution in [1.82, 2.24) is 9.13 Å². The second kappa shape index (κ2) is 13.8. The molecular formula is C60H34N4. The van der Waals surface area contributed by atoms with Crippen LogP contribution < -0.4 is 0 Å². The third-order valence-electron chi connectivity index (χ3n) is 13.4. The molecule has 2 heterocycles. The SMILES string of the molecule is N#Cc1c(-c2cc3ccccc3c3ccccc23)c(-n2c3ccccc3c3ccccc32)c(C#N)c(-c2cc3ccccc3c3ccccc23)c1-n1c2ccccc2c2ccccc21. The molecule has 0 aliphatic rings. The maximum atomic E-state index is 12.3. The Morgan fingerprint density at radius 3 is 0.875 bits per heavy atom. The van der Waals surface area contributed by atoms with Crippen molar-refractivity contribution < 1.29 is 0 Å². The average Bonchev–Trinajstić information content (AvgIpc) is 3.88. The molecule has 0 fully saturated rings. The molecule has 13 aromatic rings. The van der Waals surface area contributed by atoms with Gasteiger partial charge in [-0.3, -0.25) is 0 Å². The number of fused-ring (bicyclic) bond motifs is 12. The summed E-state index contributed by atoms with van der Waals surface area (Å²) in [6.45, 7) is 0. The highest BCUT2D eigenvalue weighted by molar-refractivity contribution is 6.20. The minimum atomic E-state index is 0.482. The van der Waals surface area contributed by atoms with Crippen LogP contribution in [-0.2, 0) is 0 Å². The van der Waals surface area contributed by atoms with Crippen LogP contribution >= 0.6 is 0 Å². The summed E-state index contributed by atoms with van der Waals surface area (Å²) in [5.41, 5.74) is 9.31. The first-order chi connectivity index (χ1) is 31.7. The molecule has 13 rings (SSSR count). The van der Waals surface area contributed by atoms with Crippen molar-refractivity contribution in [3.63, 3.8) is 0 Å². The van der Waals surface area contributed by atoms with Crippen LogP contribution in [-0.4, -0.2) is 9.13 Å². The third kappa shape index (κ3) is 4.91. The zero-order valence-corrected chi connectivity index (χ0v) is 34.4. The highest BCUT2D eigenvalue weighted by atomic mass is 15.0. The molecule has 64 heavy (non-hydrogen) atoms. The van der Waals surface area contributed by atoms with E-state index < -0.39 is 0 Å². The predicted octanol–water partition coefficient (Wildman–Crippen LogP) is 15.6. The fourth-order valence-corrected chi connectivity index (χ4v) is 10.8. The first kappa shape index (κ1) is 35.8. The summed E-state index contributed by atoms with van der Waals surface area (Å²) in [4.78, 5) is 0. The lowest BCUT2D eigenvalue weighted by atomic mass is 9.82. The lowest BCUT2D eigenvalue weighted by Crippen LogP contribution is -2.11. The molecule has 0 saturated heterocycles. The van der Waals surface area contributed by atoms with Crippen LogP contribution in [0.4, 0.5) is 0 Å². The second-order valence-electron chi connectivity index (χ2n) is 16.5. The molecule has 4 nitrogen and oxygen atoms in total. The molecule has 2 aromatic heterocycles. The van der Waals surface area contributed by atoms with Gasteiger partial charge in [0.05, 0.1) is 44.6 Å². The Morgan fingerprint density at radius 1 is 0.281 bits per heavy atom. The van der Waals surface area contributed by atoms with E-state index in [1.807, 2.05) is 0 Å². The van der Waals surface area contributed by atoms with Crippen LogP contribution in [0.2, 0.25) is 0 Å². The minimum absolute atomic E-state index is 0.482. The number of para-hydroxylation sites is 4. The van der Waals surface area contributed by atoms with Gasteiger partial charge in [0.15, 0.2) is 0 Å². The minimum Gasteiger partial charge on any atom is -0.307 e. The first-order valence-electron chi connectivity index (χ1n) is 21.6. The molecule has 294 valence electrons. The molecule has 0 aliphatic heterocycles. The van der Waals surface area contributed by atoms with E-state index in [9.17, 15) is 10.5 Å². The van der Waals surface area contributed by atoms with Crippen molar-refractivity contribution >= 4 is 86.7 Å². The summed E-state index contributed by atoms with van der Waals surface area (Å²) in [6, 6.07) is 77.8.